The van der Waals surface area contributed by atoms with Crippen molar-refractivity contribution in [1.29, 1.82) is 0 Å². The van der Waals surface area contributed by atoms with Gasteiger partial charge in [0.15, 0.2) is 5.96 Å². The van der Waals surface area contributed by atoms with Gasteiger partial charge in [-0.1, -0.05) is 18.9 Å². The molecule has 2 rings (SSSR count). The molecule has 0 atom stereocenters. The molecular weight excluding hydrogens is 483 g/mol. The van der Waals surface area contributed by atoms with E-state index in [4.69, 9.17) is 14.5 Å². The summed E-state index contributed by atoms with van der Waals surface area (Å²) in [5.74, 6) is 2.44. The summed E-state index contributed by atoms with van der Waals surface area (Å²) in [7, 11) is 5.29. The molecule has 0 unspecified atom stereocenters. The van der Waals surface area contributed by atoms with E-state index in [2.05, 4.69) is 10.6 Å². The number of benzene rings is 1. The molecule has 0 saturated heterocycles. The topological polar surface area (TPSA) is 75.2 Å². The van der Waals surface area contributed by atoms with Gasteiger partial charge in [-0.3, -0.25) is 9.79 Å². The highest BCUT2D eigenvalue weighted by atomic mass is 127. The molecule has 0 radical (unpaired) electrons. The minimum absolute atomic E-state index is 0. The first-order valence-electron chi connectivity index (χ1n) is 10.0. The highest BCUT2D eigenvalue weighted by Crippen LogP contribution is 2.39. The van der Waals surface area contributed by atoms with E-state index >= 15 is 0 Å². The first-order valence-corrected chi connectivity index (χ1v) is 10.0. The van der Waals surface area contributed by atoms with Crippen molar-refractivity contribution in [3.05, 3.63) is 24.3 Å². The molecule has 1 fully saturated rings. The van der Waals surface area contributed by atoms with Gasteiger partial charge >= 0.3 is 0 Å². The number of nitrogens with zero attached hydrogens (tertiary/aromatic N) is 2. The summed E-state index contributed by atoms with van der Waals surface area (Å²) < 4.78 is 11.0. The smallest absolute Gasteiger partial charge is 0.230 e. The molecule has 0 heterocycles. The Hall–Kier alpha value is -1.71. The summed E-state index contributed by atoms with van der Waals surface area (Å²) in [4.78, 5) is 19.1. The zero-order valence-electron chi connectivity index (χ0n) is 18.0. The number of hydrogen-bond donors (Lipinski definition) is 2. The zero-order chi connectivity index (χ0) is 20.4. The maximum Gasteiger partial charge on any atom is 0.230 e. The number of carbonyl (C=O) groups excluding carboxylic acids is 1. The Morgan fingerprint density at radius 1 is 1.21 bits per heavy atom. The lowest BCUT2D eigenvalue weighted by atomic mass is 9.85. The van der Waals surface area contributed by atoms with Crippen LogP contribution >= 0.6 is 24.0 Å². The summed E-state index contributed by atoms with van der Waals surface area (Å²) in [6.07, 6.45) is 4.00. The van der Waals surface area contributed by atoms with Gasteiger partial charge in [0.1, 0.15) is 18.1 Å². The molecule has 0 bridgehead atoms. The van der Waals surface area contributed by atoms with Crippen LogP contribution in [0.15, 0.2) is 29.3 Å². The molecule has 0 aliphatic heterocycles. The Morgan fingerprint density at radius 2 is 1.90 bits per heavy atom. The largest absolute Gasteiger partial charge is 0.497 e. The Kier molecular flexibility index (Phi) is 11.2. The number of hydrogen-bond acceptors (Lipinski definition) is 4. The molecule has 1 aromatic rings. The number of amides is 1. The van der Waals surface area contributed by atoms with Crippen molar-refractivity contribution in [3.63, 3.8) is 0 Å². The van der Waals surface area contributed by atoms with Crippen molar-refractivity contribution in [2.45, 2.75) is 32.6 Å². The van der Waals surface area contributed by atoms with E-state index in [1.54, 1.807) is 12.0 Å². The average molecular weight is 518 g/mol. The molecule has 0 aromatic heterocycles. The average Bonchev–Trinajstić information content (AvgIpc) is 3.18. The molecule has 8 heteroatoms. The zero-order valence-corrected chi connectivity index (χ0v) is 20.3. The normalized spacial score (nSPS) is 15.2. The van der Waals surface area contributed by atoms with Crippen LogP contribution in [0.2, 0.25) is 0 Å². The lowest BCUT2D eigenvalue weighted by Crippen LogP contribution is -2.43. The number of aliphatic imine (C=N–C) groups is 1. The predicted molar refractivity (Wildman–Crippen MR) is 127 cm³/mol. The fourth-order valence-electron chi connectivity index (χ4n) is 3.57. The molecule has 1 aliphatic carbocycles. The lowest BCUT2D eigenvalue weighted by molar-refractivity contribution is -0.138. The Labute approximate surface area is 191 Å². The number of nitrogens with one attached hydrogen (secondary N) is 2. The van der Waals surface area contributed by atoms with Crippen LogP contribution in [-0.2, 0) is 4.79 Å². The van der Waals surface area contributed by atoms with Crippen LogP contribution in [0, 0.1) is 5.41 Å². The third kappa shape index (κ3) is 7.56. The molecule has 7 nitrogen and oxygen atoms in total. The second-order valence-electron chi connectivity index (χ2n) is 7.34. The maximum atomic E-state index is 12.7. The second-order valence-corrected chi connectivity index (χ2v) is 7.34. The Bertz CT molecular complexity index is 661. The van der Waals surface area contributed by atoms with Gasteiger partial charge in [-0.05, 0) is 31.9 Å². The monoisotopic (exact) mass is 518 g/mol. The Balaban J connectivity index is 0.00000420. The van der Waals surface area contributed by atoms with Gasteiger partial charge in [0.05, 0.1) is 25.6 Å². The van der Waals surface area contributed by atoms with E-state index < -0.39 is 0 Å². The fourth-order valence-corrected chi connectivity index (χ4v) is 3.57. The number of methoxy groups -OCH3 is 1. The molecule has 1 amide bonds. The highest BCUT2D eigenvalue weighted by Gasteiger charge is 2.42. The van der Waals surface area contributed by atoms with E-state index in [9.17, 15) is 4.79 Å². The fraction of sp³-hybridized carbons (Fsp3) is 0.619. The molecule has 0 spiro atoms. The molecule has 29 heavy (non-hydrogen) atoms. The van der Waals surface area contributed by atoms with Crippen LogP contribution in [0.5, 0.6) is 11.5 Å². The van der Waals surface area contributed by atoms with Crippen molar-refractivity contribution in [3.8, 4) is 11.5 Å². The minimum atomic E-state index is -0.358. The van der Waals surface area contributed by atoms with Crippen molar-refractivity contribution < 1.29 is 14.3 Å². The van der Waals surface area contributed by atoms with Gasteiger partial charge in [-0.25, -0.2) is 0 Å². The molecule has 2 N–H and O–H groups in total. The second kappa shape index (κ2) is 12.8. The number of carbonyl (C=O) groups is 1. The number of rotatable bonds is 9. The third-order valence-corrected chi connectivity index (χ3v) is 5.01. The highest BCUT2D eigenvalue weighted by molar-refractivity contribution is 14.0. The molecule has 1 aliphatic rings. The van der Waals surface area contributed by atoms with E-state index in [-0.39, 0.29) is 35.3 Å². The van der Waals surface area contributed by atoms with Gasteiger partial charge in [0, 0.05) is 26.7 Å². The molecule has 164 valence electrons. The van der Waals surface area contributed by atoms with Crippen LogP contribution in [0.4, 0.5) is 0 Å². The Morgan fingerprint density at radius 3 is 2.52 bits per heavy atom. The molecule has 1 aromatic carbocycles. The van der Waals surface area contributed by atoms with Crippen molar-refractivity contribution >= 4 is 35.8 Å². The van der Waals surface area contributed by atoms with Crippen LogP contribution < -0.4 is 20.1 Å². The van der Waals surface area contributed by atoms with Gasteiger partial charge in [-0.2, -0.15) is 0 Å². The van der Waals surface area contributed by atoms with Gasteiger partial charge < -0.3 is 25.0 Å². The number of ether oxygens (including phenoxy) is 2. The van der Waals surface area contributed by atoms with Crippen LogP contribution in [0.1, 0.15) is 32.6 Å². The summed E-state index contributed by atoms with van der Waals surface area (Å²) in [6, 6.07) is 7.54. The first-order chi connectivity index (χ1) is 13.5. The molecule has 1 saturated carbocycles. The molecular formula is C21H35IN4O3. The van der Waals surface area contributed by atoms with E-state index in [1.165, 1.54) is 0 Å². The third-order valence-electron chi connectivity index (χ3n) is 5.01. The number of guanidine groups is 1. The van der Waals surface area contributed by atoms with E-state index in [1.807, 2.05) is 45.3 Å². The van der Waals surface area contributed by atoms with Crippen LogP contribution in [0.25, 0.3) is 0 Å². The SMILES string of the molecule is CCNC(=NCC1(C(=O)N(C)C)CCCC1)NCCOc1cccc(OC)c1.I. The lowest BCUT2D eigenvalue weighted by Gasteiger charge is -2.29. The van der Waals surface area contributed by atoms with Crippen molar-refractivity contribution in [2.75, 3.05) is 47.4 Å². The van der Waals surface area contributed by atoms with Crippen LogP contribution in [-0.4, -0.2) is 64.2 Å². The summed E-state index contributed by atoms with van der Waals surface area (Å²) in [5.41, 5.74) is -0.358. The number of halogens is 1. The predicted octanol–water partition coefficient (Wildman–Crippen LogP) is 2.90. The summed E-state index contributed by atoms with van der Waals surface area (Å²) in [5, 5.41) is 6.53. The van der Waals surface area contributed by atoms with Gasteiger partial charge in [-0.15, -0.1) is 24.0 Å². The summed E-state index contributed by atoms with van der Waals surface area (Å²) in [6.45, 7) is 4.41. The quantitative estimate of drug-likeness (QED) is 0.228. The first kappa shape index (κ1) is 25.3. The van der Waals surface area contributed by atoms with E-state index in [0.29, 0.717) is 19.7 Å². The minimum Gasteiger partial charge on any atom is -0.497 e. The summed E-state index contributed by atoms with van der Waals surface area (Å²) >= 11 is 0. The van der Waals surface area contributed by atoms with E-state index in [0.717, 1.165) is 49.7 Å². The van der Waals surface area contributed by atoms with Gasteiger partial charge in [0.2, 0.25) is 5.91 Å². The van der Waals surface area contributed by atoms with Crippen LogP contribution in [0.3, 0.4) is 0 Å². The standard InChI is InChI=1S/C21H34N4O3.HI/c1-5-22-20(23-13-14-28-18-10-8-9-17(15-18)27-4)24-16-21(11-6-7-12-21)19(26)25(2)3;/h8-10,15H,5-7,11-14,16H2,1-4H3,(H2,22,23,24);1H. The van der Waals surface area contributed by atoms with Crippen molar-refractivity contribution in [2.24, 2.45) is 10.4 Å². The van der Waals surface area contributed by atoms with Crippen molar-refractivity contribution in [1.82, 2.24) is 15.5 Å². The maximum absolute atomic E-state index is 12.7. The van der Waals surface area contributed by atoms with Gasteiger partial charge in [0.25, 0.3) is 0 Å².